The summed E-state index contributed by atoms with van der Waals surface area (Å²) in [7, 11) is 0. The highest BCUT2D eigenvalue weighted by molar-refractivity contribution is 5.76. The minimum Gasteiger partial charge on any atom is -0.394 e. The van der Waals surface area contributed by atoms with Crippen LogP contribution in [0.4, 0.5) is 0 Å². The number of carbonyl (C=O) groups excluding carboxylic acids is 1. The molecule has 4 heteroatoms. The Bertz CT molecular complexity index is 1660. The molecule has 0 aromatic carbocycles. The molecule has 0 saturated heterocycles. The summed E-state index contributed by atoms with van der Waals surface area (Å²) in [5, 5.41) is 23.2. The van der Waals surface area contributed by atoms with Gasteiger partial charge in [-0.15, -0.1) is 0 Å². The van der Waals surface area contributed by atoms with Crippen molar-refractivity contribution >= 4 is 5.91 Å². The highest BCUT2D eigenvalue weighted by Gasteiger charge is 2.18. The fourth-order valence-electron chi connectivity index (χ4n) is 9.24. The molecule has 0 aliphatic rings. The van der Waals surface area contributed by atoms with Crippen LogP contribution in [0.15, 0.2) is 158 Å². The van der Waals surface area contributed by atoms with Gasteiger partial charge in [0.1, 0.15) is 0 Å². The van der Waals surface area contributed by atoms with E-state index in [9.17, 15) is 15.0 Å². The number of unbranched alkanes of at least 4 members (excludes halogenated alkanes) is 28. The second-order valence-corrected chi connectivity index (χ2v) is 21.8. The maximum atomic E-state index is 12.5. The number of nitrogens with one attached hydrogen (secondary N) is 1. The standard InChI is InChI=1S/C75H125NO3/c1-3-5-7-9-11-13-15-17-19-21-23-25-27-29-31-33-34-35-36-37-38-39-40-41-42-43-45-47-49-51-53-55-57-59-61-63-65-67-69-71-75(79)76-73(72-77)74(78)70-68-66-64-62-60-58-56-54-52-50-48-46-44-32-30-28-26-24-22-20-18-16-14-12-10-8-6-4-2/h5,7,11,13,17,19,23,25,29,31,34-35,37-38,40-41,43,45,49,51-52,54,60,62,68,70,73-74,77-78H,3-4,6,8-10,12,14-16,18,20-22,24,26-28,30,32-33,36,39,42,44,46-48,50,53,55-59,61,63-67,69,71-72H2,1-2H3,(H,76,79)/b7-5-,13-11-,19-17-,25-23-,31-29-,35-34-,38-37-,41-40-,45-43-,51-49-,54-52+,62-60+,70-68+. The number of hydrogen-bond acceptors (Lipinski definition) is 3. The molecular weight excluding hydrogens is 963 g/mol. The number of aliphatic hydroxyl groups is 2. The van der Waals surface area contributed by atoms with E-state index in [1.54, 1.807) is 6.08 Å². The van der Waals surface area contributed by atoms with Gasteiger partial charge in [-0.05, 0) is 122 Å². The Hall–Kier alpha value is -3.99. The van der Waals surface area contributed by atoms with Crippen LogP contribution in [0.1, 0.15) is 290 Å². The van der Waals surface area contributed by atoms with E-state index in [1.807, 2.05) is 6.08 Å². The van der Waals surface area contributed by atoms with Gasteiger partial charge < -0.3 is 15.5 Å². The molecule has 0 heterocycles. The highest BCUT2D eigenvalue weighted by atomic mass is 16.3. The third-order valence-electron chi connectivity index (χ3n) is 14.2. The van der Waals surface area contributed by atoms with Gasteiger partial charge in [-0.2, -0.15) is 0 Å². The zero-order valence-corrected chi connectivity index (χ0v) is 51.6. The van der Waals surface area contributed by atoms with Gasteiger partial charge in [0.25, 0.3) is 0 Å². The number of amides is 1. The van der Waals surface area contributed by atoms with Crippen molar-refractivity contribution in [2.75, 3.05) is 6.61 Å². The van der Waals surface area contributed by atoms with Crippen molar-refractivity contribution in [1.82, 2.24) is 5.32 Å². The molecule has 0 rings (SSSR count). The van der Waals surface area contributed by atoms with E-state index in [0.29, 0.717) is 6.42 Å². The molecule has 0 aliphatic heterocycles. The zero-order valence-electron chi connectivity index (χ0n) is 51.6. The average molecular weight is 1090 g/mol. The predicted octanol–water partition coefficient (Wildman–Crippen LogP) is 22.9. The van der Waals surface area contributed by atoms with Crippen LogP contribution in [-0.2, 0) is 4.79 Å². The summed E-state index contributed by atoms with van der Waals surface area (Å²) in [6, 6.07) is -0.663. The van der Waals surface area contributed by atoms with Gasteiger partial charge in [-0.1, -0.05) is 320 Å². The van der Waals surface area contributed by atoms with Crippen LogP contribution in [0.25, 0.3) is 0 Å². The molecule has 2 unspecified atom stereocenters. The topological polar surface area (TPSA) is 69.6 Å². The molecule has 0 aromatic rings. The van der Waals surface area contributed by atoms with Crippen LogP contribution in [0.3, 0.4) is 0 Å². The molecule has 0 radical (unpaired) electrons. The van der Waals surface area contributed by atoms with Gasteiger partial charge in [-0.25, -0.2) is 0 Å². The van der Waals surface area contributed by atoms with Crippen molar-refractivity contribution in [3.05, 3.63) is 158 Å². The lowest BCUT2D eigenvalue weighted by Crippen LogP contribution is -2.45. The molecule has 3 N–H and O–H groups in total. The normalized spacial score (nSPS) is 13.8. The Kier molecular flexibility index (Phi) is 64.8. The number of aliphatic hydroxyl groups excluding tert-OH is 2. The van der Waals surface area contributed by atoms with Gasteiger partial charge >= 0.3 is 0 Å². The van der Waals surface area contributed by atoms with Crippen LogP contribution in [0, 0.1) is 0 Å². The third kappa shape index (κ3) is 64.7. The van der Waals surface area contributed by atoms with Crippen molar-refractivity contribution in [1.29, 1.82) is 0 Å². The third-order valence-corrected chi connectivity index (χ3v) is 14.2. The Labute approximate surface area is 490 Å². The quantitative estimate of drug-likeness (QED) is 0.0420. The van der Waals surface area contributed by atoms with Gasteiger partial charge in [0.05, 0.1) is 18.8 Å². The maximum Gasteiger partial charge on any atom is 0.220 e. The molecule has 448 valence electrons. The van der Waals surface area contributed by atoms with E-state index in [0.717, 1.165) is 116 Å². The molecule has 79 heavy (non-hydrogen) atoms. The SMILES string of the molecule is CC/C=C\C/C=C\C/C=C\C/C=C\C/C=C\C/C=C\C/C=C\C/C=C\C/C=C\C/C=C\CCCCCCCCCCC(=O)NC(CO)C(O)/C=C/CC/C=C/CC/C=C/CCCCCCCCCCCCCCCCCCCC. The first-order valence-electron chi connectivity index (χ1n) is 33.2. The van der Waals surface area contributed by atoms with E-state index in [2.05, 4.69) is 165 Å². The molecule has 0 saturated carbocycles. The van der Waals surface area contributed by atoms with Gasteiger partial charge in [0.2, 0.25) is 5.91 Å². The monoisotopic (exact) mass is 1090 g/mol. The Balaban J connectivity index is 3.65. The van der Waals surface area contributed by atoms with Gasteiger partial charge in [0.15, 0.2) is 0 Å². The van der Waals surface area contributed by atoms with Crippen LogP contribution in [-0.4, -0.2) is 34.9 Å². The summed E-state index contributed by atoms with van der Waals surface area (Å²) >= 11 is 0. The second kappa shape index (κ2) is 68.3. The summed E-state index contributed by atoms with van der Waals surface area (Å²) < 4.78 is 0. The van der Waals surface area contributed by atoms with Crippen molar-refractivity contribution in [3.63, 3.8) is 0 Å². The molecular formula is C75H125NO3. The summed E-state index contributed by atoms with van der Waals surface area (Å²) in [6.45, 7) is 4.19. The fourth-order valence-corrected chi connectivity index (χ4v) is 9.24. The van der Waals surface area contributed by atoms with Gasteiger partial charge in [0, 0.05) is 6.42 Å². The first-order chi connectivity index (χ1) is 39.2. The number of carbonyl (C=O) groups is 1. The maximum absolute atomic E-state index is 12.5. The number of hydrogen-bond donors (Lipinski definition) is 3. The minimum atomic E-state index is -0.887. The smallest absolute Gasteiger partial charge is 0.220 e. The molecule has 0 aliphatic carbocycles. The number of rotatable bonds is 59. The predicted molar refractivity (Wildman–Crippen MR) is 354 cm³/mol. The Morgan fingerprint density at radius 1 is 0.316 bits per heavy atom. The Morgan fingerprint density at radius 3 is 0.886 bits per heavy atom. The van der Waals surface area contributed by atoms with Crippen LogP contribution in [0.5, 0.6) is 0 Å². The number of allylic oxidation sites excluding steroid dienone is 25. The van der Waals surface area contributed by atoms with E-state index in [-0.39, 0.29) is 12.5 Å². The summed E-state index contributed by atoms with van der Waals surface area (Å²) in [6.07, 6.45) is 109. The van der Waals surface area contributed by atoms with E-state index < -0.39 is 12.1 Å². The lowest BCUT2D eigenvalue weighted by atomic mass is 10.0. The van der Waals surface area contributed by atoms with Crippen molar-refractivity contribution in [3.8, 4) is 0 Å². The summed E-state index contributed by atoms with van der Waals surface area (Å²) in [5.74, 6) is -0.0911. The summed E-state index contributed by atoms with van der Waals surface area (Å²) in [5.41, 5.74) is 0. The van der Waals surface area contributed by atoms with Crippen LogP contribution in [0.2, 0.25) is 0 Å². The lowest BCUT2D eigenvalue weighted by Gasteiger charge is -2.19. The fraction of sp³-hybridized carbons (Fsp3) is 0.640. The van der Waals surface area contributed by atoms with Crippen molar-refractivity contribution in [2.24, 2.45) is 0 Å². The van der Waals surface area contributed by atoms with E-state index in [1.165, 1.54) is 154 Å². The lowest BCUT2D eigenvalue weighted by molar-refractivity contribution is -0.123. The van der Waals surface area contributed by atoms with Gasteiger partial charge in [-0.3, -0.25) is 4.79 Å². The molecule has 2 atom stereocenters. The molecule has 1 amide bonds. The Morgan fingerprint density at radius 2 is 0.570 bits per heavy atom. The molecule has 0 bridgehead atoms. The second-order valence-electron chi connectivity index (χ2n) is 21.8. The minimum absolute atomic E-state index is 0.0911. The van der Waals surface area contributed by atoms with Crippen molar-refractivity contribution < 1.29 is 15.0 Å². The average Bonchev–Trinajstić information content (AvgIpc) is 3.45. The van der Waals surface area contributed by atoms with Crippen LogP contribution < -0.4 is 5.32 Å². The first kappa shape index (κ1) is 75.0. The summed E-state index contributed by atoms with van der Waals surface area (Å²) in [4.78, 5) is 12.5. The van der Waals surface area contributed by atoms with Crippen molar-refractivity contribution in [2.45, 2.75) is 302 Å². The molecule has 0 spiro atoms. The molecule has 4 nitrogen and oxygen atoms in total. The van der Waals surface area contributed by atoms with Crippen LogP contribution >= 0.6 is 0 Å². The first-order valence-corrected chi connectivity index (χ1v) is 33.2. The zero-order chi connectivity index (χ0) is 56.9. The molecule has 0 aromatic heterocycles. The van der Waals surface area contributed by atoms with E-state index >= 15 is 0 Å². The van der Waals surface area contributed by atoms with E-state index in [4.69, 9.17) is 0 Å². The highest BCUT2D eigenvalue weighted by Crippen LogP contribution is 2.16. The molecule has 0 fully saturated rings. The largest absolute Gasteiger partial charge is 0.394 e.